The van der Waals surface area contributed by atoms with Crippen LogP contribution in [0, 0.1) is 23.2 Å². The van der Waals surface area contributed by atoms with E-state index in [1.807, 2.05) is 25.3 Å². The van der Waals surface area contributed by atoms with Crippen molar-refractivity contribution in [1.29, 1.82) is 0 Å². The molecule has 0 amide bonds. The molecule has 5 aliphatic rings. The van der Waals surface area contributed by atoms with Gasteiger partial charge in [0, 0.05) is 23.2 Å². The lowest BCUT2D eigenvalue weighted by Crippen LogP contribution is -2.68. The highest BCUT2D eigenvalue weighted by Gasteiger charge is 2.72. The van der Waals surface area contributed by atoms with Gasteiger partial charge in [-0.3, -0.25) is 14.5 Å². The fourth-order valence-corrected chi connectivity index (χ4v) is 5.64. The van der Waals surface area contributed by atoms with E-state index < -0.39 is 6.10 Å². The van der Waals surface area contributed by atoms with Crippen molar-refractivity contribution < 1.29 is 19.1 Å². The van der Waals surface area contributed by atoms with Gasteiger partial charge in [0.15, 0.2) is 23.4 Å². The minimum absolute atomic E-state index is 0.0232. The monoisotopic (exact) mass is 313 g/mol. The van der Waals surface area contributed by atoms with Gasteiger partial charge in [-0.25, -0.2) is 0 Å². The number of ketones is 2. The van der Waals surface area contributed by atoms with Crippen LogP contribution in [0.1, 0.15) is 6.42 Å². The van der Waals surface area contributed by atoms with Gasteiger partial charge in [-0.1, -0.05) is 12.2 Å². The van der Waals surface area contributed by atoms with Gasteiger partial charge in [0.25, 0.3) is 0 Å². The molecular weight excluding hydrogens is 294 g/mol. The van der Waals surface area contributed by atoms with Gasteiger partial charge in [-0.2, -0.15) is 0 Å². The van der Waals surface area contributed by atoms with Crippen LogP contribution < -0.4 is 0 Å². The molecule has 23 heavy (non-hydrogen) atoms. The van der Waals surface area contributed by atoms with Crippen molar-refractivity contribution in [1.82, 2.24) is 4.90 Å². The predicted molar refractivity (Wildman–Crippen MR) is 81.1 cm³/mol. The van der Waals surface area contributed by atoms with Crippen LogP contribution in [-0.4, -0.2) is 49.3 Å². The number of likely N-dealkylation sites (tertiary alicyclic amines) is 1. The molecule has 120 valence electrons. The molecule has 1 spiro atoms. The third-order valence-electron chi connectivity index (χ3n) is 6.55. The highest BCUT2D eigenvalue weighted by Crippen LogP contribution is 2.65. The number of nitrogens with zero attached hydrogens (tertiary/aromatic N) is 1. The maximum absolute atomic E-state index is 13.1. The number of methoxy groups -OCH3 is 1. The predicted octanol–water partition coefficient (Wildman–Crippen LogP) is 1.07. The SMILES string of the molecule is COC1=C2O[C@H]3C(=O)C=C[C@H]4[C@H]5C(=O)C(C=C1)C2[C@@]34CCN5C. The van der Waals surface area contributed by atoms with Gasteiger partial charge >= 0.3 is 0 Å². The number of likely N-dealkylation sites (N-methyl/N-ethyl adjacent to an activating group) is 1. The second-order valence-corrected chi connectivity index (χ2v) is 7.27. The zero-order chi connectivity index (χ0) is 15.9. The van der Waals surface area contributed by atoms with E-state index in [4.69, 9.17) is 9.47 Å². The number of rotatable bonds is 1. The Morgan fingerprint density at radius 2 is 2.13 bits per heavy atom. The van der Waals surface area contributed by atoms with Gasteiger partial charge in [0.1, 0.15) is 5.76 Å². The van der Waals surface area contributed by atoms with E-state index in [0.717, 1.165) is 13.0 Å². The number of carbonyl (C=O) groups excluding carboxylic acids is 2. The fraction of sp³-hybridized carbons (Fsp3) is 0.556. The molecule has 0 aromatic heterocycles. The summed E-state index contributed by atoms with van der Waals surface area (Å²) in [4.78, 5) is 27.8. The van der Waals surface area contributed by atoms with E-state index in [0.29, 0.717) is 11.5 Å². The molecule has 2 saturated heterocycles. The molecule has 1 saturated carbocycles. The van der Waals surface area contributed by atoms with Crippen molar-refractivity contribution in [3.05, 3.63) is 35.8 Å². The van der Waals surface area contributed by atoms with Crippen LogP contribution in [0.25, 0.3) is 0 Å². The molecule has 2 aliphatic heterocycles. The number of piperidine rings is 1. The maximum Gasteiger partial charge on any atom is 0.196 e. The number of hydrogen-bond donors (Lipinski definition) is 0. The third-order valence-corrected chi connectivity index (χ3v) is 6.55. The summed E-state index contributed by atoms with van der Waals surface area (Å²) in [6.07, 6.45) is 7.75. The Labute approximate surface area is 134 Å². The smallest absolute Gasteiger partial charge is 0.196 e. The zero-order valence-electron chi connectivity index (χ0n) is 13.2. The van der Waals surface area contributed by atoms with Crippen molar-refractivity contribution in [2.45, 2.75) is 18.6 Å². The van der Waals surface area contributed by atoms with E-state index in [2.05, 4.69) is 4.90 Å². The van der Waals surface area contributed by atoms with Crippen molar-refractivity contribution in [3.8, 4) is 0 Å². The van der Waals surface area contributed by atoms with Crippen LogP contribution in [0.15, 0.2) is 35.8 Å². The number of allylic oxidation sites excluding steroid dienone is 3. The Kier molecular flexibility index (Phi) is 2.44. The van der Waals surface area contributed by atoms with Crippen LogP contribution in [-0.2, 0) is 19.1 Å². The Bertz CT molecular complexity index is 721. The van der Waals surface area contributed by atoms with Gasteiger partial charge < -0.3 is 9.47 Å². The largest absolute Gasteiger partial charge is 0.493 e. The second kappa shape index (κ2) is 4.15. The lowest BCUT2D eigenvalue weighted by molar-refractivity contribution is -0.156. The number of ether oxygens (including phenoxy) is 2. The molecule has 0 aromatic rings. The highest BCUT2D eigenvalue weighted by atomic mass is 16.5. The quantitative estimate of drug-likeness (QED) is 0.725. The maximum atomic E-state index is 13.1. The summed E-state index contributed by atoms with van der Waals surface area (Å²) < 4.78 is 11.6. The average molecular weight is 313 g/mol. The summed E-state index contributed by atoms with van der Waals surface area (Å²) >= 11 is 0. The summed E-state index contributed by atoms with van der Waals surface area (Å²) in [5.74, 6) is 1.40. The van der Waals surface area contributed by atoms with E-state index in [1.54, 1.807) is 13.2 Å². The molecule has 2 bridgehead atoms. The van der Waals surface area contributed by atoms with E-state index in [1.165, 1.54) is 0 Å². The molecule has 3 fully saturated rings. The molecule has 0 N–H and O–H groups in total. The van der Waals surface area contributed by atoms with E-state index >= 15 is 0 Å². The van der Waals surface area contributed by atoms with Crippen LogP contribution >= 0.6 is 0 Å². The molecule has 2 heterocycles. The number of hydrogen-bond acceptors (Lipinski definition) is 5. The van der Waals surface area contributed by atoms with Crippen molar-refractivity contribution >= 4 is 11.6 Å². The van der Waals surface area contributed by atoms with Crippen LogP contribution in [0.3, 0.4) is 0 Å². The lowest BCUT2D eigenvalue weighted by atomic mass is 9.47. The standard InChI is InChI=1S/C18H19NO4/c1-19-8-7-18-10-4-5-11(20)17(18)23-16-12(22-2)6-3-9(13(16)18)15(21)14(10)19/h3-6,9-10,13-14,17H,7-8H2,1-2H3/t9?,10-,13?,14-,17-,18-/m0/s1. The average Bonchev–Trinajstić information content (AvgIpc) is 2.90. The van der Waals surface area contributed by atoms with Crippen LogP contribution in [0.4, 0.5) is 0 Å². The number of carbonyl (C=O) groups is 2. The summed E-state index contributed by atoms with van der Waals surface area (Å²) in [5, 5.41) is 0. The Balaban J connectivity index is 1.79. The molecule has 5 rings (SSSR count). The Hall–Kier alpha value is -1.88. The van der Waals surface area contributed by atoms with Gasteiger partial charge in [-0.05, 0) is 32.2 Å². The number of Topliss-reactive ketones (excluding diaryl/α,β-unsaturated/α-hetero) is 1. The first-order valence-corrected chi connectivity index (χ1v) is 8.18. The molecule has 6 atom stereocenters. The van der Waals surface area contributed by atoms with E-state index in [9.17, 15) is 9.59 Å². The molecule has 0 aromatic carbocycles. The normalized spacial score (nSPS) is 46.8. The first-order valence-electron chi connectivity index (χ1n) is 8.18. The topological polar surface area (TPSA) is 55.8 Å². The van der Waals surface area contributed by atoms with Crippen LogP contribution in [0.5, 0.6) is 0 Å². The molecule has 0 radical (unpaired) electrons. The first-order chi connectivity index (χ1) is 11.1. The Morgan fingerprint density at radius 1 is 1.30 bits per heavy atom. The minimum Gasteiger partial charge on any atom is -0.493 e. The molecular formula is C18H19NO4. The summed E-state index contributed by atoms with van der Waals surface area (Å²) in [7, 11) is 3.62. The van der Waals surface area contributed by atoms with Gasteiger partial charge in [0.05, 0.1) is 13.2 Å². The third kappa shape index (κ3) is 1.34. The molecule has 5 nitrogen and oxygen atoms in total. The molecule has 3 aliphatic carbocycles. The van der Waals surface area contributed by atoms with Crippen molar-refractivity contribution in [3.63, 3.8) is 0 Å². The lowest BCUT2D eigenvalue weighted by Gasteiger charge is -2.58. The summed E-state index contributed by atoms with van der Waals surface area (Å²) in [5.41, 5.74) is -0.300. The van der Waals surface area contributed by atoms with Crippen LogP contribution in [0.2, 0.25) is 0 Å². The zero-order valence-corrected chi connectivity index (χ0v) is 13.2. The summed E-state index contributed by atoms with van der Waals surface area (Å²) in [6, 6.07) is -0.159. The fourth-order valence-electron chi connectivity index (χ4n) is 5.64. The summed E-state index contributed by atoms with van der Waals surface area (Å²) in [6.45, 7) is 0.816. The van der Waals surface area contributed by atoms with Gasteiger partial charge in [0.2, 0.25) is 0 Å². The van der Waals surface area contributed by atoms with Crippen molar-refractivity contribution in [2.24, 2.45) is 23.2 Å². The Morgan fingerprint density at radius 3 is 2.91 bits per heavy atom. The van der Waals surface area contributed by atoms with Gasteiger partial charge in [-0.15, -0.1) is 0 Å². The molecule has 2 unspecified atom stereocenters. The van der Waals surface area contributed by atoms with E-state index in [-0.39, 0.29) is 40.8 Å². The molecule has 5 heteroatoms. The second-order valence-electron chi connectivity index (χ2n) is 7.27. The highest BCUT2D eigenvalue weighted by molar-refractivity contribution is 5.99. The first kappa shape index (κ1) is 13.5. The minimum atomic E-state index is -0.477. The van der Waals surface area contributed by atoms with Crippen molar-refractivity contribution in [2.75, 3.05) is 20.7 Å².